The van der Waals surface area contributed by atoms with Crippen molar-refractivity contribution in [3.63, 3.8) is 0 Å². The second-order valence-electron chi connectivity index (χ2n) is 9.19. The van der Waals surface area contributed by atoms with Crippen LogP contribution >= 0.6 is 11.6 Å². The molecule has 0 spiro atoms. The van der Waals surface area contributed by atoms with E-state index >= 15 is 0 Å². The van der Waals surface area contributed by atoms with Crippen molar-refractivity contribution in [2.24, 2.45) is 5.41 Å². The molecule has 1 aromatic carbocycles. The highest BCUT2D eigenvalue weighted by atomic mass is 35.5. The quantitative estimate of drug-likeness (QED) is 0.343. The van der Waals surface area contributed by atoms with Gasteiger partial charge in [0, 0.05) is 12.8 Å². The number of hydrogen-bond acceptors (Lipinski definition) is 6. The summed E-state index contributed by atoms with van der Waals surface area (Å²) in [5.74, 6) is -2.61. The first-order valence-electron chi connectivity index (χ1n) is 10.5. The molecule has 4 amide bonds. The predicted octanol–water partition coefficient (Wildman–Crippen LogP) is 2.08. The number of carbonyl (C=O) groups is 5. The van der Waals surface area contributed by atoms with E-state index in [4.69, 9.17) is 16.7 Å². The zero-order chi connectivity index (χ0) is 25.0. The van der Waals surface area contributed by atoms with Crippen LogP contribution in [0.15, 0.2) is 18.2 Å². The first kappa shape index (κ1) is 26.3. The molecule has 0 aromatic heterocycles. The number of rotatable bonds is 7. The summed E-state index contributed by atoms with van der Waals surface area (Å²) in [6.07, 6.45) is 0.845. The summed E-state index contributed by atoms with van der Waals surface area (Å²) < 4.78 is -0.657. The number of carboxylic acids is 1. The van der Waals surface area contributed by atoms with E-state index in [9.17, 15) is 29.1 Å². The highest BCUT2D eigenvalue weighted by Gasteiger charge is 2.53. The number of nitrogens with zero attached hydrogens (tertiary/aromatic N) is 1. The number of carboxylic acid groups (broad SMARTS) is 1. The first-order chi connectivity index (χ1) is 15.3. The SMILES string of the molecule is CC(C)(C)[C@H](NC(=O)c1ccc(O)cc1Cl)C(=O)[N+]1(C(=O)N[C@H](C=O)CC(=O)O)CCCC1. The van der Waals surface area contributed by atoms with Crippen LogP contribution < -0.4 is 10.6 Å². The number of benzene rings is 1. The van der Waals surface area contributed by atoms with Crippen LogP contribution in [-0.4, -0.2) is 70.0 Å². The normalized spacial score (nSPS) is 17.0. The maximum atomic E-state index is 13.8. The van der Waals surface area contributed by atoms with Crippen LogP contribution in [-0.2, 0) is 14.4 Å². The number of imide groups is 1. The molecule has 2 rings (SSSR count). The number of aldehydes is 1. The van der Waals surface area contributed by atoms with E-state index in [1.54, 1.807) is 20.8 Å². The molecule has 10 nitrogen and oxygen atoms in total. The number of phenols is 1. The second kappa shape index (κ2) is 10.3. The maximum Gasteiger partial charge on any atom is 0.424 e. The molecule has 11 heteroatoms. The minimum Gasteiger partial charge on any atom is -0.508 e. The predicted molar refractivity (Wildman–Crippen MR) is 119 cm³/mol. The van der Waals surface area contributed by atoms with Gasteiger partial charge < -0.3 is 20.3 Å². The molecule has 1 aliphatic heterocycles. The van der Waals surface area contributed by atoms with Gasteiger partial charge in [0.25, 0.3) is 5.91 Å². The second-order valence-corrected chi connectivity index (χ2v) is 9.59. The van der Waals surface area contributed by atoms with E-state index in [-0.39, 0.29) is 29.4 Å². The number of phenolic OH excluding ortho intramolecular Hbond substituents is 1. The van der Waals surface area contributed by atoms with Crippen molar-refractivity contribution in [3.8, 4) is 5.75 Å². The summed E-state index contributed by atoms with van der Waals surface area (Å²) in [6, 6.07) is 0.657. The fourth-order valence-electron chi connectivity index (χ4n) is 3.80. The molecule has 1 saturated heterocycles. The fraction of sp³-hybridized carbons (Fsp3) is 0.500. The Morgan fingerprint density at radius 1 is 1.15 bits per heavy atom. The molecule has 1 fully saturated rings. The van der Waals surface area contributed by atoms with E-state index in [0.29, 0.717) is 19.1 Å². The van der Waals surface area contributed by atoms with Gasteiger partial charge in [0.2, 0.25) is 0 Å². The molecule has 0 radical (unpaired) electrons. The lowest BCUT2D eigenvalue weighted by molar-refractivity contribution is -0.761. The van der Waals surface area contributed by atoms with Crippen molar-refractivity contribution >= 4 is 41.7 Å². The number of aliphatic carboxylic acids is 1. The molecular weight excluding hydrogens is 454 g/mol. The van der Waals surface area contributed by atoms with Gasteiger partial charge in [-0.1, -0.05) is 32.4 Å². The van der Waals surface area contributed by atoms with Gasteiger partial charge >= 0.3 is 17.9 Å². The van der Waals surface area contributed by atoms with E-state index in [2.05, 4.69) is 10.6 Å². The summed E-state index contributed by atoms with van der Waals surface area (Å²) in [7, 11) is 0. The number of aromatic hydroxyl groups is 1. The maximum absolute atomic E-state index is 13.8. The van der Waals surface area contributed by atoms with Gasteiger partial charge in [-0.15, -0.1) is 0 Å². The van der Waals surface area contributed by atoms with Crippen molar-refractivity contribution in [2.75, 3.05) is 13.1 Å². The minimum absolute atomic E-state index is 0.00193. The van der Waals surface area contributed by atoms with Crippen LogP contribution in [0.2, 0.25) is 5.02 Å². The van der Waals surface area contributed by atoms with Crippen molar-refractivity contribution in [1.29, 1.82) is 0 Å². The molecule has 180 valence electrons. The largest absolute Gasteiger partial charge is 0.508 e. The van der Waals surface area contributed by atoms with E-state index in [1.165, 1.54) is 18.2 Å². The molecule has 0 unspecified atom stereocenters. The lowest BCUT2D eigenvalue weighted by atomic mass is 9.85. The number of carbonyl (C=O) groups excluding carboxylic acids is 4. The van der Waals surface area contributed by atoms with Crippen LogP contribution in [0.25, 0.3) is 0 Å². The van der Waals surface area contributed by atoms with Crippen LogP contribution in [0.5, 0.6) is 5.75 Å². The molecule has 2 atom stereocenters. The Morgan fingerprint density at radius 2 is 1.76 bits per heavy atom. The average molecular weight is 483 g/mol. The van der Waals surface area contributed by atoms with Gasteiger partial charge in [0.15, 0.2) is 6.04 Å². The van der Waals surface area contributed by atoms with Gasteiger partial charge in [0.1, 0.15) is 18.1 Å². The van der Waals surface area contributed by atoms with Crippen molar-refractivity contribution in [3.05, 3.63) is 28.8 Å². The van der Waals surface area contributed by atoms with Gasteiger partial charge in [-0.2, -0.15) is 4.48 Å². The smallest absolute Gasteiger partial charge is 0.424 e. The molecule has 1 heterocycles. The number of amides is 4. The number of nitrogens with one attached hydrogen (secondary N) is 2. The standard InChI is InChI=1S/C22H28ClN3O7/c1-22(2,3)18(25-19(31)15-7-6-14(28)11-16(15)23)20(32)26(8-4-5-9-26)21(33)24-13(12-27)10-17(29)30/h6-7,11-13,18H,4-5,8-10H2,1-3H3,(H3-,24,25,28,29,30,31,33)/p+1/t13-,18+/m0/s1. The Hall–Kier alpha value is -2.98. The number of quaternary nitrogens is 1. The molecule has 0 saturated carbocycles. The molecule has 4 N–H and O–H groups in total. The first-order valence-corrected chi connectivity index (χ1v) is 10.9. The topological polar surface area (TPSA) is 150 Å². The average Bonchev–Trinajstić information content (AvgIpc) is 3.20. The van der Waals surface area contributed by atoms with E-state index in [1.807, 2.05) is 0 Å². The summed E-state index contributed by atoms with van der Waals surface area (Å²) in [6.45, 7) is 5.52. The van der Waals surface area contributed by atoms with E-state index in [0.717, 1.165) is 0 Å². The molecule has 1 aliphatic rings. The number of urea groups is 1. The van der Waals surface area contributed by atoms with Crippen LogP contribution in [0.1, 0.15) is 50.4 Å². The van der Waals surface area contributed by atoms with Crippen LogP contribution in [0, 0.1) is 5.41 Å². The third-order valence-corrected chi connectivity index (χ3v) is 5.91. The Balaban J connectivity index is 2.36. The minimum atomic E-state index is -1.28. The Morgan fingerprint density at radius 3 is 2.24 bits per heavy atom. The number of hydrogen-bond donors (Lipinski definition) is 4. The van der Waals surface area contributed by atoms with Gasteiger partial charge in [-0.3, -0.25) is 14.9 Å². The Kier molecular flexibility index (Phi) is 8.20. The fourth-order valence-corrected chi connectivity index (χ4v) is 4.06. The summed E-state index contributed by atoms with van der Waals surface area (Å²) in [5, 5.41) is 23.5. The highest BCUT2D eigenvalue weighted by molar-refractivity contribution is 6.34. The molecule has 33 heavy (non-hydrogen) atoms. The third-order valence-electron chi connectivity index (χ3n) is 5.59. The van der Waals surface area contributed by atoms with Gasteiger partial charge in [-0.25, -0.2) is 9.59 Å². The Bertz CT molecular complexity index is 952. The molecular formula is C22H29ClN3O7+. The van der Waals surface area contributed by atoms with Crippen LogP contribution in [0.3, 0.4) is 0 Å². The van der Waals surface area contributed by atoms with Gasteiger partial charge in [-0.05, 0) is 23.6 Å². The van der Waals surface area contributed by atoms with E-state index < -0.39 is 52.2 Å². The third kappa shape index (κ3) is 6.08. The number of likely N-dealkylation sites (tertiary alicyclic amines) is 1. The van der Waals surface area contributed by atoms with Crippen molar-refractivity contribution in [1.82, 2.24) is 10.6 Å². The highest BCUT2D eigenvalue weighted by Crippen LogP contribution is 2.30. The summed E-state index contributed by atoms with van der Waals surface area (Å²) in [4.78, 5) is 62.1. The lowest BCUT2D eigenvalue weighted by Gasteiger charge is -2.37. The summed E-state index contributed by atoms with van der Waals surface area (Å²) >= 11 is 6.07. The molecule has 1 aromatic rings. The monoisotopic (exact) mass is 482 g/mol. The Labute approximate surface area is 196 Å². The number of halogens is 1. The zero-order valence-corrected chi connectivity index (χ0v) is 19.5. The van der Waals surface area contributed by atoms with Crippen molar-refractivity contribution in [2.45, 2.75) is 52.1 Å². The zero-order valence-electron chi connectivity index (χ0n) is 18.8. The van der Waals surface area contributed by atoms with Gasteiger partial charge in [0.05, 0.1) is 30.1 Å². The molecule has 0 aliphatic carbocycles. The van der Waals surface area contributed by atoms with Crippen molar-refractivity contribution < 1.29 is 38.7 Å². The lowest BCUT2D eigenvalue weighted by Crippen LogP contribution is -2.67. The van der Waals surface area contributed by atoms with Crippen LogP contribution in [0.4, 0.5) is 4.79 Å². The summed E-state index contributed by atoms with van der Waals surface area (Å²) in [5.41, 5.74) is -0.744. The molecule has 0 bridgehead atoms.